The van der Waals surface area contributed by atoms with Crippen LogP contribution in [0.1, 0.15) is 26.2 Å². The van der Waals surface area contributed by atoms with Gasteiger partial charge in [-0.3, -0.25) is 4.90 Å². The van der Waals surface area contributed by atoms with Gasteiger partial charge in [0.05, 0.1) is 0 Å². The van der Waals surface area contributed by atoms with Crippen molar-refractivity contribution < 1.29 is 0 Å². The van der Waals surface area contributed by atoms with E-state index in [1.807, 2.05) is 0 Å². The topological polar surface area (TPSA) is 3.24 Å². The van der Waals surface area contributed by atoms with Gasteiger partial charge < -0.3 is 0 Å². The van der Waals surface area contributed by atoms with Crippen LogP contribution >= 0.6 is 0 Å². The molecule has 0 aromatic carbocycles. The van der Waals surface area contributed by atoms with Crippen LogP contribution in [0.2, 0.25) is 0 Å². The van der Waals surface area contributed by atoms with Crippen molar-refractivity contribution in [3.63, 3.8) is 0 Å². The maximum Gasteiger partial charge on any atom is 0.0196 e. The first-order valence-corrected chi connectivity index (χ1v) is 4.28. The van der Waals surface area contributed by atoms with E-state index in [-0.39, 0.29) is 0 Å². The number of fused-ring (bicyclic) bond motifs is 1. The molecule has 10 heavy (non-hydrogen) atoms. The molecule has 2 aliphatic rings. The number of hydrogen-bond donors (Lipinski definition) is 0. The molecule has 2 heterocycles. The first kappa shape index (κ1) is 6.41. The van der Waals surface area contributed by atoms with E-state index >= 15 is 0 Å². The van der Waals surface area contributed by atoms with Crippen LogP contribution in [-0.2, 0) is 0 Å². The predicted octanol–water partition coefficient (Wildman–Crippen LogP) is 1.80. The third kappa shape index (κ3) is 0.891. The van der Waals surface area contributed by atoms with Gasteiger partial charge >= 0.3 is 0 Å². The summed E-state index contributed by atoms with van der Waals surface area (Å²) >= 11 is 0. The van der Waals surface area contributed by atoms with Gasteiger partial charge in [0.15, 0.2) is 0 Å². The van der Waals surface area contributed by atoms with Crippen LogP contribution in [0.15, 0.2) is 11.6 Å². The lowest BCUT2D eigenvalue weighted by Crippen LogP contribution is -2.21. The molecule has 0 spiro atoms. The summed E-state index contributed by atoms with van der Waals surface area (Å²) in [6.07, 6.45) is 6.52. The minimum absolute atomic E-state index is 0.922. The molecule has 2 saturated heterocycles. The van der Waals surface area contributed by atoms with E-state index in [9.17, 15) is 0 Å². The Morgan fingerprint density at radius 1 is 1.60 bits per heavy atom. The van der Waals surface area contributed by atoms with Crippen molar-refractivity contribution in [2.24, 2.45) is 0 Å². The number of nitrogens with zero attached hydrogens (tertiary/aromatic N) is 1. The molecule has 2 rings (SSSR count). The highest BCUT2D eigenvalue weighted by molar-refractivity contribution is 5.13. The SMILES string of the molecule is CC=C1CC2CCCN2C1. The van der Waals surface area contributed by atoms with Crippen LogP contribution in [0.5, 0.6) is 0 Å². The summed E-state index contributed by atoms with van der Waals surface area (Å²) in [5.41, 5.74) is 1.66. The smallest absolute Gasteiger partial charge is 0.0196 e. The largest absolute Gasteiger partial charge is 0.296 e. The molecule has 0 radical (unpaired) electrons. The molecular formula is C9H15N. The highest BCUT2D eigenvalue weighted by Crippen LogP contribution is 2.30. The zero-order valence-electron chi connectivity index (χ0n) is 6.64. The molecule has 2 fully saturated rings. The zero-order chi connectivity index (χ0) is 6.97. The summed E-state index contributed by atoms with van der Waals surface area (Å²) in [5.74, 6) is 0. The van der Waals surface area contributed by atoms with E-state index < -0.39 is 0 Å². The summed E-state index contributed by atoms with van der Waals surface area (Å²) in [5, 5.41) is 0. The van der Waals surface area contributed by atoms with Crippen LogP contribution in [0.3, 0.4) is 0 Å². The van der Waals surface area contributed by atoms with E-state index in [0.717, 1.165) is 6.04 Å². The second kappa shape index (κ2) is 2.39. The normalized spacial score (nSPS) is 37.3. The van der Waals surface area contributed by atoms with Crippen molar-refractivity contribution in [1.29, 1.82) is 0 Å². The van der Waals surface area contributed by atoms with E-state index in [4.69, 9.17) is 0 Å². The van der Waals surface area contributed by atoms with Gasteiger partial charge in [0.1, 0.15) is 0 Å². The lowest BCUT2D eigenvalue weighted by molar-refractivity contribution is 0.327. The quantitative estimate of drug-likeness (QED) is 0.460. The molecule has 1 heteroatoms. The second-order valence-electron chi connectivity index (χ2n) is 3.42. The Hall–Kier alpha value is -0.300. The van der Waals surface area contributed by atoms with Gasteiger partial charge in [0.25, 0.3) is 0 Å². The fourth-order valence-electron chi connectivity index (χ4n) is 2.17. The van der Waals surface area contributed by atoms with Gasteiger partial charge in [0.2, 0.25) is 0 Å². The van der Waals surface area contributed by atoms with Crippen LogP contribution < -0.4 is 0 Å². The monoisotopic (exact) mass is 137 g/mol. The minimum Gasteiger partial charge on any atom is -0.296 e. The molecule has 2 aliphatic heterocycles. The standard InChI is InChI=1S/C9H15N/c1-2-8-6-9-4-3-5-10(9)7-8/h2,9H,3-7H2,1H3. The molecule has 0 amide bonds. The van der Waals surface area contributed by atoms with E-state index in [2.05, 4.69) is 17.9 Å². The molecule has 0 bridgehead atoms. The molecule has 0 aromatic heterocycles. The van der Waals surface area contributed by atoms with Crippen molar-refractivity contribution in [3.05, 3.63) is 11.6 Å². The van der Waals surface area contributed by atoms with E-state index in [1.54, 1.807) is 5.57 Å². The number of rotatable bonds is 0. The van der Waals surface area contributed by atoms with E-state index in [1.165, 1.54) is 32.4 Å². The predicted molar refractivity (Wildman–Crippen MR) is 43.0 cm³/mol. The average molecular weight is 137 g/mol. The lowest BCUT2D eigenvalue weighted by atomic mass is 10.1. The van der Waals surface area contributed by atoms with Gasteiger partial charge in [0, 0.05) is 12.6 Å². The maximum atomic E-state index is 2.62. The molecule has 1 unspecified atom stereocenters. The fourth-order valence-corrected chi connectivity index (χ4v) is 2.17. The highest BCUT2D eigenvalue weighted by atomic mass is 15.2. The summed E-state index contributed by atoms with van der Waals surface area (Å²) in [6, 6.07) is 0.922. The highest BCUT2D eigenvalue weighted by Gasteiger charge is 2.30. The van der Waals surface area contributed by atoms with Crippen LogP contribution in [0.25, 0.3) is 0 Å². The maximum absolute atomic E-state index is 2.62. The summed E-state index contributed by atoms with van der Waals surface area (Å²) in [4.78, 5) is 2.62. The summed E-state index contributed by atoms with van der Waals surface area (Å²) < 4.78 is 0. The Morgan fingerprint density at radius 2 is 2.50 bits per heavy atom. The molecule has 1 nitrogen and oxygen atoms in total. The molecular weight excluding hydrogens is 122 g/mol. The van der Waals surface area contributed by atoms with Crippen molar-refractivity contribution in [2.75, 3.05) is 13.1 Å². The van der Waals surface area contributed by atoms with Crippen molar-refractivity contribution in [1.82, 2.24) is 4.90 Å². The number of hydrogen-bond acceptors (Lipinski definition) is 1. The van der Waals surface area contributed by atoms with Crippen molar-refractivity contribution >= 4 is 0 Å². The Morgan fingerprint density at radius 3 is 3.20 bits per heavy atom. The van der Waals surface area contributed by atoms with Crippen molar-refractivity contribution in [3.8, 4) is 0 Å². The van der Waals surface area contributed by atoms with Gasteiger partial charge in [-0.25, -0.2) is 0 Å². The Labute approximate surface area is 62.7 Å². The first-order valence-electron chi connectivity index (χ1n) is 4.28. The fraction of sp³-hybridized carbons (Fsp3) is 0.778. The molecule has 0 aliphatic carbocycles. The lowest BCUT2D eigenvalue weighted by Gasteiger charge is -2.11. The van der Waals surface area contributed by atoms with E-state index in [0.29, 0.717) is 0 Å². The Bertz CT molecular complexity index is 146. The van der Waals surface area contributed by atoms with Gasteiger partial charge in [-0.2, -0.15) is 0 Å². The van der Waals surface area contributed by atoms with Crippen LogP contribution in [0, 0.1) is 0 Å². The third-order valence-electron chi connectivity index (χ3n) is 2.81. The summed E-state index contributed by atoms with van der Waals surface area (Å²) in [7, 11) is 0. The Kier molecular flexibility index (Phi) is 1.53. The van der Waals surface area contributed by atoms with Gasteiger partial charge in [-0.1, -0.05) is 11.6 Å². The first-order chi connectivity index (χ1) is 4.90. The molecule has 56 valence electrons. The molecule has 0 N–H and O–H groups in total. The molecule has 0 saturated carbocycles. The van der Waals surface area contributed by atoms with Gasteiger partial charge in [-0.05, 0) is 32.7 Å². The zero-order valence-corrected chi connectivity index (χ0v) is 6.64. The third-order valence-corrected chi connectivity index (χ3v) is 2.81. The molecule has 0 aromatic rings. The van der Waals surface area contributed by atoms with Crippen LogP contribution in [0.4, 0.5) is 0 Å². The van der Waals surface area contributed by atoms with Crippen LogP contribution in [-0.4, -0.2) is 24.0 Å². The Balaban J connectivity index is 2.07. The van der Waals surface area contributed by atoms with Gasteiger partial charge in [-0.15, -0.1) is 0 Å². The average Bonchev–Trinajstić information content (AvgIpc) is 2.42. The number of allylic oxidation sites excluding steroid dienone is 1. The van der Waals surface area contributed by atoms with Crippen molar-refractivity contribution in [2.45, 2.75) is 32.2 Å². The summed E-state index contributed by atoms with van der Waals surface area (Å²) in [6.45, 7) is 4.78. The molecule has 1 atom stereocenters. The minimum atomic E-state index is 0.922. The second-order valence-corrected chi connectivity index (χ2v) is 3.42.